The van der Waals surface area contributed by atoms with Gasteiger partial charge < -0.3 is 33.2 Å². The van der Waals surface area contributed by atoms with Crippen LogP contribution in [0.3, 0.4) is 0 Å². The third-order valence-electron chi connectivity index (χ3n) is 11.0. The van der Waals surface area contributed by atoms with Crippen molar-refractivity contribution in [3.05, 3.63) is 70.8 Å². The van der Waals surface area contributed by atoms with Crippen LogP contribution in [0.4, 0.5) is 0 Å². The van der Waals surface area contributed by atoms with Crippen molar-refractivity contribution >= 4 is 47.0 Å². The second kappa shape index (κ2) is 22.2. The molecule has 65 heavy (non-hydrogen) atoms. The number of fused-ring (bicyclic) bond motifs is 2. The summed E-state index contributed by atoms with van der Waals surface area (Å²) in [7, 11) is 0. The summed E-state index contributed by atoms with van der Waals surface area (Å²) in [6.07, 6.45) is 1.75. The topological polar surface area (TPSA) is 64.6 Å². The Morgan fingerprint density at radius 1 is 0.369 bits per heavy atom. The second-order valence-corrected chi connectivity index (χ2v) is 25.2. The van der Waals surface area contributed by atoms with Crippen molar-refractivity contribution in [2.75, 3.05) is 66.1 Å². The van der Waals surface area contributed by atoms with E-state index in [0.29, 0.717) is 66.1 Å². The summed E-state index contributed by atoms with van der Waals surface area (Å²) < 4.78 is 45.9. The fourth-order valence-corrected chi connectivity index (χ4v) is 11.8. The molecule has 0 N–H and O–H groups in total. The van der Waals surface area contributed by atoms with Crippen molar-refractivity contribution in [1.82, 2.24) is 0 Å². The monoisotopic (exact) mass is 962 g/mol. The molecule has 0 aliphatic carbocycles. The highest BCUT2D eigenvalue weighted by Gasteiger charge is 2.30. The third-order valence-corrected chi connectivity index (χ3v) is 15.2. The number of ether oxygens (including phenoxy) is 7. The molecule has 0 spiro atoms. The highest BCUT2D eigenvalue weighted by Crippen LogP contribution is 2.56. The number of hydrogen-bond acceptors (Lipinski definition) is 11. The van der Waals surface area contributed by atoms with Gasteiger partial charge in [0.2, 0.25) is 0 Å². The SMILES string of the molecule is CCCOc1c2cc(C(C)(C)C)cc1Sc1cc(C(C)(C)C)cc3c1OCCOCCOCCOCCOc1c(cc(C(C)(C)C)cc1Sc1cc(C(C)(C)C)cc(c1OCCC)S3)S2. The van der Waals surface area contributed by atoms with E-state index in [2.05, 4.69) is 145 Å². The van der Waals surface area contributed by atoms with Crippen LogP contribution in [-0.4, -0.2) is 66.1 Å². The quantitative estimate of drug-likeness (QED) is 0.163. The number of hydrogen-bond donors (Lipinski definition) is 0. The van der Waals surface area contributed by atoms with Gasteiger partial charge in [-0.2, -0.15) is 0 Å². The maximum atomic E-state index is 6.99. The maximum absolute atomic E-state index is 6.99. The molecule has 2 aliphatic heterocycles. The van der Waals surface area contributed by atoms with Crippen molar-refractivity contribution < 1.29 is 33.2 Å². The van der Waals surface area contributed by atoms with E-state index >= 15 is 0 Å². The lowest BCUT2D eigenvalue weighted by atomic mass is 9.87. The van der Waals surface area contributed by atoms with E-state index < -0.39 is 0 Å². The molecular formula is C54H74O7S4. The predicted molar refractivity (Wildman–Crippen MR) is 272 cm³/mol. The molecule has 0 atom stereocenters. The molecule has 6 rings (SSSR count). The van der Waals surface area contributed by atoms with Crippen LogP contribution in [0.15, 0.2) is 87.7 Å². The van der Waals surface area contributed by atoms with Gasteiger partial charge in [0.15, 0.2) is 0 Å². The van der Waals surface area contributed by atoms with E-state index in [-0.39, 0.29) is 21.7 Å². The van der Waals surface area contributed by atoms with Gasteiger partial charge in [-0.3, -0.25) is 0 Å². The Balaban J connectivity index is 1.78. The van der Waals surface area contributed by atoms with Gasteiger partial charge in [-0.05, 0) is 105 Å². The van der Waals surface area contributed by atoms with Gasteiger partial charge in [0.1, 0.15) is 36.2 Å². The summed E-state index contributed by atoms with van der Waals surface area (Å²) in [6.45, 7) is 36.4. The molecule has 4 aromatic rings. The highest BCUT2D eigenvalue weighted by molar-refractivity contribution is 8.01. The van der Waals surface area contributed by atoms with Gasteiger partial charge in [-0.25, -0.2) is 0 Å². The predicted octanol–water partition coefficient (Wildman–Crippen LogP) is 15.2. The van der Waals surface area contributed by atoms with Gasteiger partial charge in [0.25, 0.3) is 0 Å². The van der Waals surface area contributed by atoms with Crippen molar-refractivity contribution in [3.63, 3.8) is 0 Å². The van der Waals surface area contributed by atoms with Crippen LogP contribution in [0.25, 0.3) is 0 Å². The van der Waals surface area contributed by atoms with Crippen molar-refractivity contribution in [2.24, 2.45) is 0 Å². The first-order chi connectivity index (χ1) is 30.7. The van der Waals surface area contributed by atoms with Crippen LogP contribution in [0.5, 0.6) is 23.0 Å². The molecule has 0 unspecified atom stereocenters. The third kappa shape index (κ3) is 13.8. The van der Waals surface area contributed by atoms with Crippen LogP contribution in [0, 0.1) is 0 Å². The Bertz CT molecular complexity index is 1990. The molecule has 11 heteroatoms. The Kier molecular flexibility index (Phi) is 17.7. The van der Waals surface area contributed by atoms with E-state index in [1.54, 1.807) is 47.0 Å². The summed E-state index contributed by atoms with van der Waals surface area (Å²) in [5, 5.41) is 0. The molecule has 2 heterocycles. The minimum Gasteiger partial charge on any atom is -0.491 e. The van der Waals surface area contributed by atoms with Crippen LogP contribution in [-0.2, 0) is 35.9 Å². The van der Waals surface area contributed by atoms with E-state index in [9.17, 15) is 0 Å². The van der Waals surface area contributed by atoms with Gasteiger partial charge in [-0.15, -0.1) is 0 Å². The molecule has 0 radical (unpaired) electrons. The fraction of sp³-hybridized carbons (Fsp3) is 0.556. The van der Waals surface area contributed by atoms with Gasteiger partial charge in [-0.1, -0.05) is 144 Å². The second-order valence-electron chi connectivity index (χ2n) is 20.8. The maximum Gasteiger partial charge on any atom is 0.147 e. The van der Waals surface area contributed by atoms with E-state index in [1.807, 2.05) is 0 Å². The largest absolute Gasteiger partial charge is 0.491 e. The summed E-state index contributed by atoms with van der Waals surface area (Å²) in [5.41, 5.74) is 4.27. The van der Waals surface area contributed by atoms with Crippen LogP contribution < -0.4 is 18.9 Å². The minimum absolute atomic E-state index is 0.151. The molecule has 0 saturated heterocycles. The molecule has 356 valence electrons. The lowest BCUT2D eigenvalue weighted by Gasteiger charge is -2.28. The number of rotatable bonds is 6. The summed E-state index contributed by atoms with van der Waals surface area (Å²) in [4.78, 5) is 8.29. The Hall–Kier alpha value is -2.64. The van der Waals surface area contributed by atoms with Crippen LogP contribution in [0.1, 0.15) is 132 Å². The lowest BCUT2D eigenvalue weighted by molar-refractivity contribution is 0.00450. The summed E-state index contributed by atoms with van der Waals surface area (Å²) >= 11 is 6.91. The summed E-state index contributed by atoms with van der Waals surface area (Å²) in [6, 6.07) is 18.7. The van der Waals surface area contributed by atoms with Crippen molar-refractivity contribution in [3.8, 4) is 23.0 Å². The van der Waals surface area contributed by atoms with Crippen molar-refractivity contribution in [2.45, 2.75) is 171 Å². The average Bonchev–Trinajstić information content (AvgIpc) is 3.20. The lowest BCUT2D eigenvalue weighted by Crippen LogP contribution is -2.16. The van der Waals surface area contributed by atoms with Gasteiger partial charge in [0, 0.05) is 0 Å². The molecule has 0 saturated carbocycles. The van der Waals surface area contributed by atoms with Gasteiger partial charge in [0.05, 0.1) is 92.0 Å². The van der Waals surface area contributed by atoms with E-state index in [4.69, 9.17) is 33.2 Å². The van der Waals surface area contributed by atoms with Crippen LogP contribution >= 0.6 is 47.0 Å². The normalized spacial score (nSPS) is 16.0. The molecule has 4 aromatic carbocycles. The smallest absolute Gasteiger partial charge is 0.147 e. The Morgan fingerprint density at radius 3 is 0.831 bits per heavy atom. The summed E-state index contributed by atoms with van der Waals surface area (Å²) in [5.74, 6) is 3.38. The molecular weight excluding hydrogens is 889 g/mol. The standard InChI is InChI=1S/C54H74O7S4/c1-15-17-58-47-39-27-35(51(3,4)5)28-40(47)63-44-32-38(54(12,13)14)34-46-50(44)61-26-24-57-22-20-55-19-21-56-23-25-60-49-43(62-39)31-37(53(9,10)11)33-45(49)64-41-29-36(52(6,7)8)30-42(65-46)48(41)59-18-16-2/h27-34H,15-26H2,1-14H3. The molecule has 0 fully saturated rings. The zero-order valence-corrected chi connectivity index (χ0v) is 44.9. The van der Waals surface area contributed by atoms with Crippen LogP contribution in [0.2, 0.25) is 0 Å². The highest BCUT2D eigenvalue weighted by atomic mass is 32.2. The first kappa shape index (κ1) is 51.7. The average molecular weight is 963 g/mol. The first-order valence-electron chi connectivity index (χ1n) is 23.4. The number of benzene rings is 4. The Labute approximate surface area is 408 Å². The molecule has 10 bridgehead atoms. The Morgan fingerprint density at radius 2 is 0.600 bits per heavy atom. The van der Waals surface area contributed by atoms with Gasteiger partial charge >= 0.3 is 0 Å². The molecule has 0 aromatic heterocycles. The minimum atomic E-state index is -0.157. The zero-order valence-electron chi connectivity index (χ0n) is 41.6. The molecule has 2 aliphatic rings. The van der Waals surface area contributed by atoms with E-state index in [1.165, 1.54) is 22.3 Å². The molecule has 0 amide bonds. The zero-order chi connectivity index (χ0) is 47.2. The van der Waals surface area contributed by atoms with E-state index in [0.717, 1.165) is 75.0 Å². The first-order valence-corrected chi connectivity index (χ1v) is 26.6. The molecule has 7 nitrogen and oxygen atoms in total. The fourth-order valence-electron chi connectivity index (χ4n) is 7.04. The van der Waals surface area contributed by atoms with Crippen molar-refractivity contribution in [1.29, 1.82) is 0 Å².